The molecular formula is C20H26ClN3O3S. The summed E-state index contributed by atoms with van der Waals surface area (Å²) in [5, 5.41) is 5.82. The molecule has 1 unspecified atom stereocenters. The summed E-state index contributed by atoms with van der Waals surface area (Å²) in [5.74, 6) is -0.241. The third-order valence-electron chi connectivity index (χ3n) is 4.92. The topological polar surface area (TPSA) is 78.5 Å². The maximum absolute atomic E-state index is 13.2. The average molecular weight is 424 g/mol. The molecule has 0 aromatic heterocycles. The van der Waals surface area contributed by atoms with Crippen LogP contribution in [0.25, 0.3) is 0 Å². The molecule has 1 amide bonds. The van der Waals surface area contributed by atoms with Crippen molar-refractivity contribution in [3.8, 4) is 0 Å². The lowest BCUT2D eigenvalue weighted by Crippen LogP contribution is -2.48. The summed E-state index contributed by atoms with van der Waals surface area (Å²) in [5.41, 5.74) is 2.63. The Kier molecular flexibility index (Phi) is 7.60. The van der Waals surface area contributed by atoms with E-state index in [4.69, 9.17) is 0 Å². The summed E-state index contributed by atoms with van der Waals surface area (Å²) in [6.45, 7) is 3.68. The highest BCUT2D eigenvalue weighted by atomic mass is 35.5. The third kappa shape index (κ3) is 4.55. The molecule has 0 bridgehead atoms. The largest absolute Gasteiger partial charge is 0.355 e. The smallest absolute Gasteiger partial charge is 0.251 e. The maximum atomic E-state index is 13.2. The number of rotatable bonds is 5. The molecule has 2 aromatic carbocycles. The lowest BCUT2D eigenvalue weighted by atomic mass is 10.0. The van der Waals surface area contributed by atoms with Crippen LogP contribution in [0.15, 0.2) is 53.4 Å². The van der Waals surface area contributed by atoms with Crippen molar-refractivity contribution < 1.29 is 13.2 Å². The molecule has 8 heteroatoms. The van der Waals surface area contributed by atoms with Crippen LogP contribution in [0.2, 0.25) is 0 Å². The van der Waals surface area contributed by atoms with Gasteiger partial charge >= 0.3 is 0 Å². The van der Waals surface area contributed by atoms with Gasteiger partial charge in [-0.05, 0) is 41.8 Å². The number of halogens is 1. The summed E-state index contributed by atoms with van der Waals surface area (Å²) in [4.78, 5) is 11.9. The van der Waals surface area contributed by atoms with Gasteiger partial charge in [0.2, 0.25) is 10.0 Å². The van der Waals surface area contributed by atoms with Crippen LogP contribution in [0.3, 0.4) is 0 Å². The van der Waals surface area contributed by atoms with E-state index >= 15 is 0 Å². The highest BCUT2D eigenvalue weighted by Gasteiger charge is 2.34. The van der Waals surface area contributed by atoms with Gasteiger partial charge in [-0.3, -0.25) is 4.79 Å². The molecule has 1 saturated heterocycles. The molecule has 2 aromatic rings. The number of hydrogen-bond acceptors (Lipinski definition) is 4. The second-order valence-electron chi connectivity index (χ2n) is 6.53. The van der Waals surface area contributed by atoms with E-state index in [1.807, 2.05) is 24.3 Å². The molecule has 1 aliphatic heterocycles. The molecule has 0 radical (unpaired) electrons. The second-order valence-corrected chi connectivity index (χ2v) is 8.42. The van der Waals surface area contributed by atoms with E-state index in [0.29, 0.717) is 25.2 Å². The van der Waals surface area contributed by atoms with Gasteiger partial charge in [-0.2, -0.15) is 4.31 Å². The van der Waals surface area contributed by atoms with Crippen molar-refractivity contribution in [2.75, 3.05) is 26.7 Å². The molecule has 152 valence electrons. The zero-order valence-electron chi connectivity index (χ0n) is 16.0. The van der Waals surface area contributed by atoms with Gasteiger partial charge in [-0.25, -0.2) is 8.42 Å². The number of carbonyl (C=O) groups is 1. The Morgan fingerprint density at radius 2 is 1.79 bits per heavy atom. The van der Waals surface area contributed by atoms with Gasteiger partial charge in [0, 0.05) is 32.2 Å². The van der Waals surface area contributed by atoms with E-state index in [1.165, 1.54) is 17.7 Å². The summed E-state index contributed by atoms with van der Waals surface area (Å²) >= 11 is 0. The first-order valence-electron chi connectivity index (χ1n) is 9.11. The molecule has 0 saturated carbocycles. The van der Waals surface area contributed by atoms with Crippen LogP contribution < -0.4 is 10.6 Å². The number of aryl methyl sites for hydroxylation is 1. The second kappa shape index (κ2) is 9.52. The van der Waals surface area contributed by atoms with Crippen LogP contribution in [0.4, 0.5) is 0 Å². The monoisotopic (exact) mass is 423 g/mol. The number of hydrogen-bond donors (Lipinski definition) is 2. The van der Waals surface area contributed by atoms with Crippen LogP contribution in [-0.4, -0.2) is 45.3 Å². The number of amides is 1. The van der Waals surface area contributed by atoms with E-state index in [1.54, 1.807) is 23.5 Å². The van der Waals surface area contributed by atoms with E-state index < -0.39 is 10.0 Å². The van der Waals surface area contributed by atoms with Gasteiger partial charge in [-0.15, -0.1) is 12.4 Å². The van der Waals surface area contributed by atoms with Crippen LogP contribution in [-0.2, 0) is 16.4 Å². The third-order valence-corrected chi connectivity index (χ3v) is 6.84. The summed E-state index contributed by atoms with van der Waals surface area (Å²) in [6, 6.07) is 13.9. The van der Waals surface area contributed by atoms with Crippen LogP contribution >= 0.6 is 12.4 Å². The van der Waals surface area contributed by atoms with E-state index in [0.717, 1.165) is 12.0 Å². The lowest BCUT2D eigenvalue weighted by Gasteiger charge is -2.35. The highest BCUT2D eigenvalue weighted by molar-refractivity contribution is 7.89. The predicted octanol–water partition coefficient (Wildman–Crippen LogP) is 2.37. The van der Waals surface area contributed by atoms with Crippen LogP contribution in [0.1, 0.15) is 34.5 Å². The Morgan fingerprint density at radius 3 is 2.36 bits per heavy atom. The van der Waals surface area contributed by atoms with E-state index in [2.05, 4.69) is 17.6 Å². The molecule has 1 fully saturated rings. The molecular weight excluding hydrogens is 398 g/mol. The average Bonchev–Trinajstić information content (AvgIpc) is 2.73. The fourth-order valence-corrected chi connectivity index (χ4v) is 4.90. The Bertz CT molecular complexity index is 899. The summed E-state index contributed by atoms with van der Waals surface area (Å²) < 4.78 is 28.0. The van der Waals surface area contributed by atoms with Crippen molar-refractivity contribution in [3.05, 3.63) is 65.2 Å². The predicted molar refractivity (Wildman–Crippen MR) is 112 cm³/mol. The van der Waals surface area contributed by atoms with E-state index in [9.17, 15) is 13.2 Å². The van der Waals surface area contributed by atoms with Gasteiger partial charge in [-0.1, -0.05) is 31.2 Å². The lowest BCUT2D eigenvalue weighted by molar-refractivity contribution is 0.0963. The van der Waals surface area contributed by atoms with Crippen molar-refractivity contribution in [2.45, 2.75) is 24.3 Å². The standard InChI is InChI=1S/C20H25N3O3S.ClH/c1-3-15-4-6-16(7-5-15)19-14-22-12-13-23(19)27(25,26)18-10-8-17(9-11-18)20(24)21-2;/h4-11,19,22H,3,12-14H2,1-2H3,(H,21,24);1H. The van der Waals surface area contributed by atoms with E-state index in [-0.39, 0.29) is 29.3 Å². The van der Waals surface area contributed by atoms with Crippen molar-refractivity contribution >= 4 is 28.3 Å². The summed E-state index contributed by atoms with van der Waals surface area (Å²) in [7, 11) is -2.12. The summed E-state index contributed by atoms with van der Waals surface area (Å²) in [6.07, 6.45) is 0.947. The van der Waals surface area contributed by atoms with Gasteiger partial charge in [0.25, 0.3) is 5.91 Å². The highest BCUT2D eigenvalue weighted by Crippen LogP contribution is 2.29. The number of benzene rings is 2. The minimum absolute atomic E-state index is 0. The first-order valence-corrected chi connectivity index (χ1v) is 10.5. The van der Waals surface area contributed by atoms with Gasteiger partial charge < -0.3 is 10.6 Å². The molecule has 28 heavy (non-hydrogen) atoms. The van der Waals surface area contributed by atoms with Gasteiger partial charge in [0.15, 0.2) is 0 Å². The fourth-order valence-electron chi connectivity index (χ4n) is 3.29. The van der Waals surface area contributed by atoms with Crippen molar-refractivity contribution in [1.82, 2.24) is 14.9 Å². The SMILES string of the molecule is CCc1ccc(C2CNCCN2S(=O)(=O)c2ccc(C(=O)NC)cc2)cc1.Cl. The zero-order chi connectivity index (χ0) is 19.4. The molecule has 0 aliphatic carbocycles. The molecule has 2 N–H and O–H groups in total. The number of nitrogens with zero attached hydrogens (tertiary/aromatic N) is 1. The molecule has 1 atom stereocenters. The number of sulfonamides is 1. The first kappa shape index (κ1) is 22.4. The quantitative estimate of drug-likeness (QED) is 0.773. The van der Waals surface area contributed by atoms with Crippen molar-refractivity contribution in [2.24, 2.45) is 0 Å². The number of carbonyl (C=O) groups excluding carboxylic acids is 1. The minimum atomic E-state index is -3.66. The maximum Gasteiger partial charge on any atom is 0.251 e. The Balaban J connectivity index is 0.00000280. The minimum Gasteiger partial charge on any atom is -0.355 e. The fraction of sp³-hybridized carbons (Fsp3) is 0.350. The Labute approximate surface area is 172 Å². The molecule has 6 nitrogen and oxygen atoms in total. The van der Waals surface area contributed by atoms with Crippen LogP contribution in [0, 0.1) is 0 Å². The van der Waals surface area contributed by atoms with Crippen molar-refractivity contribution in [1.29, 1.82) is 0 Å². The first-order chi connectivity index (χ1) is 13.0. The van der Waals surface area contributed by atoms with Crippen LogP contribution in [0.5, 0.6) is 0 Å². The molecule has 1 aliphatic rings. The normalized spacial score (nSPS) is 17.6. The number of piperazine rings is 1. The molecule has 0 spiro atoms. The Morgan fingerprint density at radius 1 is 1.14 bits per heavy atom. The Hall–Kier alpha value is -1.93. The molecule has 1 heterocycles. The molecule has 3 rings (SSSR count). The van der Waals surface area contributed by atoms with Gasteiger partial charge in [0.05, 0.1) is 10.9 Å². The number of nitrogens with one attached hydrogen (secondary N) is 2. The zero-order valence-corrected chi connectivity index (χ0v) is 17.6. The van der Waals surface area contributed by atoms with Gasteiger partial charge in [0.1, 0.15) is 0 Å². The van der Waals surface area contributed by atoms with Crippen molar-refractivity contribution in [3.63, 3.8) is 0 Å².